The van der Waals surface area contributed by atoms with Crippen molar-refractivity contribution >= 4 is 23.2 Å². The van der Waals surface area contributed by atoms with E-state index in [-0.39, 0.29) is 35.1 Å². The van der Waals surface area contributed by atoms with Crippen molar-refractivity contribution in [1.29, 1.82) is 0 Å². The van der Waals surface area contributed by atoms with Crippen molar-refractivity contribution in [2.75, 3.05) is 13.7 Å². The molecule has 1 aromatic heterocycles. The van der Waals surface area contributed by atoms with Crippen molar-refractivity contribution in [1.82, 2.24) is 4.98 Å². The molecular formula is C22H18N2O5. The van der Waals surface area contributed by atoms with E-state index in [1.807, 2.05) is 0 Å². The standard InChI is InChI=1S/C22H18N2O5/c1-3-29-22(27)16-11-15-17(18(24-16)12-6-8-13(28-2)9-7-12)21(26)19-14(20(15)25)5-4-10-23-19/h4-11,15,17H,3H2,1-2H3. The Morgan fingerprint density at radius 2 is 1.86 bits per heavy atom. The van der Waals surface area contributed by atoms with Gasteiger partial charge in [-0.15, -0.1) is 0 Å². The van der Waals surface area contributed by atoms with Gasteiger partial charge in [0, 0.05) is 11.8 Å². The van der Waals surface area contributed by atoms with Gasteiger partial charge in [0.15, 0.2) is 11.6 Å². The summed E-state index contributed by atoms with van der Waals surface area (Å²) in [5, 5.41) is 0. The van der Waals surface area contributed by atoms with Crippen LogP contribution in [0.5, 0.6) is 5.75 Å². The van der Waals surface area contributed by atoms with Crippen LogP contribution in [0.15, 0.2) is 59.4 Å². The molecule has 0 fully saturated rings. The van der Waals surface area contributed by atoms with E-state index in [9.17, 15) is 14.4 Å². The number of ether oxygens (including phenoxy) is 2. The van der Waals surface area contributed by atoms with Gasteiger partial charge in [-0.1, -0.05) is 0 Å². The van der Waals surface area contributed by atoms with E-state index >= 15 is 0 Å². The average molecular weight is 390 g/mol. The minimum absolute atomic E-state index is 0.0207. The molecule has 0 amide bonds. The monoisotopic (exact) mass is 390 g/mol. The molecule has 2 aromatic rings. The fraction of sp³-hybridized carbons (Fsp3) is 0.227. The van der Waals surface area contributed by atoms with E-state index in [2.05, 4.69) is 9.98 Å². The molecule has 7 heteroatoms. The minimum Gasteiger partial charge on any atom is -0.497 e. The number of methoxy groups -OCH3 is 1. The normalized spacial score (nSPS) is 20.2. The number of rotatable bonds is 4. The first-order valence-electron chi connectivity index (χ1n) is 9.20. The fourth-order valence-electron chi connectivity index (χ4n) is 3.64. The van der Waals surface area contributed by atoms with E-state index in [0.717, 1.165) is 0 Å². The van der Waals surface area contributed by atoms with Gasteiger partial charge in [0.2, 0.25) is 0 Å². The van der Waals surface area contributed by atoms with Crippen LogP contribution < -0.4 is 4.74 Å². The molecule has 0 saturated carbocycles. The largest absolute Gasteiger partial charge is 0.497 e. The van der Waals surface area contributed by atoms with Crippen molar-refractivity contribution in [2.45, 2.75) is 6.92 Å². The highest BCUT2D eigenvalue weighted by molar-refractivity contribution is 6.27. The van der Waals surface area contributed by atoms with Crippen molar-refractivity contribution in [3.05, 3.63) is 71.2 Å². The Kier molecular flexibility index (Phi) is 4.80. The molecule has 2 unspecified atom stereocenters. The topological polar surface area (TPSA) is 94.9 Å². The Morgan fingerprint density at radius 3 is 2.55 bits per heavy atom. The van der Waals surface area contributed by atoms with Crippen LogP contribution in [-0.2, 0) is 9.53 Å². The van der Waals surface area contributed by atoms with Crippen LogP contribution >= 0.6 is 0 Å². The number of aliphatic imine (C=N–C) groups is 1. The van der Waals surface area contributed by atoms with Gasteiger partial charge < -0.3 is 9.47 Å². The summed E-state index contributed by atoms with van der Waals surface area (Å²) in [4.78, 5) is 47.3. The first kappa shape index (κ1) is 18.7. The number of allylic oxidation sites excluding steroid dienone is 1. The first-order valence-corrected chi connectivity index (χ1v) is 9.20. The second-order valence-corrected chi connectivity index (χ2v) is 6.63. The number of fused-ring (bicyclic) bond motifs is 2. The van der Waals surface area contributed by atoms with Gasteiger partial charge in [-0.2, -0.15) is 0 Å². The highest BCUT2D eigenvalue weighted by Crippen LogP contribution is 2.37. The van der Waals surface area contributed by atoms with E-state index in [1.54, 1.807) is 50.4 Å². The maximum atomic E-state index is 13.2. The number of pyridine rings is 1. The molecule has 1 aliphatic heterocycles. The summed E-state index contributed by atoms with van der Waals surface area (Å²) in [5.74, 6) is -2.24. The van der Waals surface area contributed by atoms with Gasteiger partial charge >= 0.3 is 5.97 Å². The molecule has 29 heavy (non-hydrogen) atoms. The number of hydrogen-bond donors (Lipinski definition) is 0. The predicted octanol–water partition coefficient (Wildman–Crippen LogP) is 2.65. The number of benzene rings is 1. The molecule has 0 N–H and O–H groups in total. The molecule has 0 bridgehead atoms. The van der Waals surface area contributed by atoms with Crippen molar-refractivity contribution in [3.63, 3.8) is 0 Å². The summed E-state index contributed by atoms with van der Waals surface area (Å²) in [6, 6.07) is 10.1. The van der Waals surface area contributed by atoms with E-state index < -0.39 is 17.8 Å². The van der Waals surface area contributed by atoms with E-state index in [4.69, 9.17) is 9.47 Å². The number of ketones is 2. The maximum Gasteiger partial charge on any atom is 0.356 e. The molecule has 1 aliphatic carbocycles. The molecule has 0 spiro atoms. The minimum atomic E-state index is -0.850. The lowest BCUT2D eigenvalue weighted by molar-refractivity contribution is -0.138. The molecule has 2 atom stereocenters. The lowest BCUT2D eigenvalue weighted by Crippen LogP contribution is -2.43. The van der Waals surface area contributed by atoms with Crippen molar-refractivity contribution in [3.8, 4) is 5.75 Å². The van der Waals surface area contributed by atoms with Gasteiger partial charge in [0.25, 0.3) is 0 Å². The summed E-state index contributed by atoms with van der Waals surface area (Å²) in [5.41, 5.74) is 1.38. The van der Waals surface area contributed by atoms with Crippen LogP contribution in [0.25, 0.3) is 0 Å². The summed E-state index contributed by atoms with van der Waals surface area (Å²) in [7, 11) is 1.55. The van der Waals surface area contributed by atoms with Crippen LogP contribution in [0.2, 0.25) is 0 Å². The SMILES string of the molecule is CCOC(=O)C1=CC2C(=O)c3cccnc3C(=O)C2C(c2ccc(OC)cc2)=N1. The van der Waals surface area contributed by atoms with Gasteiger partial charge in [-0.25, -0.2) is 9.79 Å². The van der Waals surface area contributed by atoms with Crippen LogP contribution in [-0.4, -0.2) is 41.9 Å². The third kappa shape index (κ3) is 3.14. The molecule has 1 aromatic carbocycles. The van der Waals surface area contributed by atoms with Gasteiger partial charge in [-0.3, -0.25) is 14.6 Å². The van der Waals surface area contributed by atoms with Crippen LogP contribution in [0.4, 0.5) is 0 Å². The van der Waals surface area contributed by atoms with Gasteiger partial charge in [0.1, 0.15) is 17.1 Å². The molecule has 2 aliphatic rings. The number of carbonyl (C=O) groups is 3. The fourth-order valence-corrected chi connectivity index (χ4v) is 3.64. The smallest absolute Gasteiger partial charge is 0.356 e. The van der Waals surface area contributed by atoms with E-state index in [1.165, 1.54) is 12.3 Å². The zero-order chi connectivity index (χ0) is 20.5. The number of Topliss-reactive ketones (excluding diaryl/α,β-unsaturated/α-hetero) is 2. The Labute approximate surface area is 167 Å². The Morgan fingerprint density at radius 1 is 1.10 bits per heavy atom. The molecule has 4 rings (SSSR count). The number of esters is 1. The van der Waals surface area contributed by atoms with Crippen molar-refractivity contribution < 1.29 is 23.9 Å². The zero-order valence-electron chi connectivity index (χ0n) is 15.9. The Hall–Kier alpha value is -3.61. The van der Waals surface area contributed by atoms with Gasteiger partial charge in [0.05, 0.1) is 31.3 Å². The molecular weight excluding hydrogens is 372 g/mol. The lowest BCUT2D eigenvalue weighted by atomic mass is 9.70. The highest BCUT2D eigenvalue weighted by Gasteiger charge is 2.46. The molecule has 7 nitrogen and oxygen atoms in total. The highest BCUT2D eigenvalue weighted by atomic mass is 16.5. The molecule has 0 saturated heterocycles. The number of hydrogen-bond acceptors (Lipinski definition) is 7. The third-order valence-electron chi connectivity index (χ3n) is 4.99. The number of nitrogens with zero attached hydrogens (tertiary/aromatic N) is 2. The maximum absolute atomic E-state index is 13.2. The van der Waals surface area contributed by atoms with Crippen molar-refractivity contribution in [2.24, 2.45) is 16.8 Å². The van der Waals surface area contributed by atoms with E-state index in [0.29, 0.717) is 17.0 Å². The number of carbonyl (C=O) groups excluding carboxylic acids is 3. The summed E-state index contributed by atoms with van der Waals surface area (Å²) >= 11 is 0. The second kappa shape index (κ2) is 7.43. The molecule has 2 heterocycles. The van der Waals surface area contributed by atoms with Crippen LogP contribution in [0.3, 0.4) is 0 Å². The van der Waals surface area contributed by atoms with Gasteiger partial charge in [-0.05, 0) is 55.0 Å². The quantitative estimate of drug-likeness (QED) is 0.745. The van der Waals surface area contributed by atoms with Crippen LogP contribution in [0.1, 0.15) is 33.3 Å². The second-order valence-electron chi connectivity index (χ2n) is 6.63. The first-order chi connectivity index (χ1) is 14.0. The average Bonchev–Trinajstić information content (AvgIpc) is 2.77. The Bertz CT molecular complexity index is 1070. The summed E-state index contributed by atoms with van der Waals surface area (Å²) < 4.78 is 10.3. The predicted molar refractivity (Wildman–Crippen MR) is 104 cm³/mol. The lowest BCUT2D eigenvalue weighted by Gasteiger charge is -2.32. The zero-order valence-corrected chi connectivity index (χ0v) is 15.9. The Balaban J connectivity index is 1.87. The van der Waals surface area contributed by atoms with Crippen LogP contribution in [0, 0.1) is 11.8 Å². The summed E-state index contributed by atoms with van der Waals surface area (Å²) in [6.07, 6.45) is 2.92. The summed E-state index contributed by atoms with van der Waals surface area (Å²) in [6.45, 7) is 1.87. The molecule has 146 valence electrons. The third-order valence-corrected chi connectivity index (χ3v) is 4.99. The molecule has 0 radical (unpaired) electrons. The number of aromatic nitrogens is 1.